The molecule has 3 saturated heterocycles. The molecule has 3 fully saturated rings. The SMILES string of the molecule is NC1CCN2C(=O)C3C(NC(=O)c4ccco4)CCN3C(=O)C12. The molecular weight excluding hydrogens is 300 g/mol. The third kappa shape index (κ3) is 2.05. The number of fused-ring (bicyclic) bond motifs is 2. The van der Waals surface area contributed by atoms with Crippen molar-refractivity contribution in [3.05, 3.63) is 24.2 Å². The molecule has 3 amide bonds. The van der Waals surface area contributed by atoms with Gasteiger partial charge >= 0.3 is 0 Å². The zero-order valence-electron chi connectivity index (χ0n) is 12.5. The lowest BCUT2D eigenvalue weighted by Gasteiger charge is -2.41. The maximum atomic E-state index is 12.8. The minimum atomic E-state index is -0.636. The van der Waals surface area contributed by atoms with Crippen LogP contribution in [0.5, 0.6) is 0 Å². The molecule has 0 saturated carbocycles. The van der Waals surface area contributed by atoms with Crippen LogP contribution < -0.4 is 11.1 Å². The Hall–Kier alpha value is -2.35. The van der Waals surface area contributed by atoms with Gasteiger partial charge in [-0.3, -0.25) is 14.4 Å². The molecule has 3 aliphatic rings. The van der Waals surface area contributed by atoms with Crippen LogP contribution in [-0.4, -0.2) is 64.8 Å². The lowest BCUT2D eigenvalue weighted by Crippen LogP contribution is -2.66. The van der Waals surface area contributed by atoms with Gasteiger partial charge in [0.1, 0.15) is 12.1 Å². The average Bonchev–Trinajstić information content (AvgIpc) is 3.24. The van der Waals surface area contributed by atoms with Crippen molar-refractivity contribution in [3.63, 3.8) is 0 Å². The van der Waals surface area contributed by atoms with E-state index in [1.807, 2.05) is 0 Å². The second kappa shape index (κ2) is 5.09. The Morgan fingerprint density at radius 3 is 2.61 bits per heavy atom. The number of nitrogens with two attached hydrogens (primary N) is 1. The molecule has 0 bridgehead atoms. The van der Waals surface area contributed by atoms with Gasteiger partial charge in [-0.25, -0.2) is 0 Å². The summed E-state index contributed by atoms with van der Waals surface area (Å²) in [6.07, 6.45) is 2.60. The predicted molar refractivity (Wildman–Crippen MR) is 78.2 cm³/mol. The van der Waals surface area contributed by atoms with Gasteiger partial charge < -0.3 is 25.3 Å². The molecule has 8 nitrogen and oxygen atoms in total. The van der Waals surface area contributed by atoms with Gasteiger partial charge in [0.05, 0.1) is 12.3 Å². The predicted octanol–water partition coefficient (Wildman–Crippen LogP) is -1.08. The van der Waals surface area contributed by atoms with Crippen molar-refractivity contribution in [2.24, 2.45) is 5.73 Å². The fourth-order valence-electron chi connectivity index (χ4n) is 3.86. The van der Waals surface area contributed by atoms with E-state index in [-0.39, 0.29) is 29.5 Å². The molecule has 1 aromatic rings. The fraction of sp³-hybridized carbons (Fsp3) is 0.533. The van der Waals surface area contributed by atoms with Gasteiger partial charge in [-0.15, -0.1) is 0 Å². The molecule has 4 rings (SSSR count). The number of furan rings is 1. The lowest BCUT2D eigenvalue weighted by atomic mass is 10.0. The van der Waals surface area contributed by atoms with Gasteiger partial charge in [-0.2, -0.15) is 0 Å². The first-order valence-corrected chi connectivity index (χ1v) is 7.79. The normalized spacial score (nSPS) is 32.9. The number of hydrogen-bond donors (Lipinski definition) is 2. The second-order valence-electron chi connectivity index (χ2n) is 6.25. The van der Waals surface area contributed by atoms with E-state index in [4.69, 9.17) is 10.2 Å². The number of carbonyl (C=O) groups excluding carboxylic acids is 3. The van der Waals surface area contributed by atoms with Crippen LogP contribution in [0.15, 0.2) is 22.8 Å². The largest absolute Gasteiger partial charge is 0.459 e. The van der Waals surface area contributed by atoms with Gasteiger partial charge in [0, 0.05) is 19.1 Å². The third-order valence-electron chi connectivity index (χ3n) is 4.98. The molecule has 3 N–H and O–H groups in total. The molecule has 4 heterocycles. The highest BCUT2D eigenvalue weighted by atomic mass is 16.3. The summed E-state index contributed by atoms with van der Waals surface area (Å²) in [7, 11) is 0. The number of amides is 3. The molecule has 0 aromatic carbocycles. The van der Waals surface area contributed by atoms with E-state index >= 15 is 0 Å². The highest BCUT2D eigenvalue weighted by Gasteiger charge is 2.55. The minimum absolute atomic E-state index is 0.102. The summed E-state index contributed by atoms with van der Waals surface area (Å²) in [5, 5.41) is 2.82. The Morgan fingerprint density at radius 2 is 1.87 bits per heavy atom. The van der Waals surface area contributed by atoms with E-state index in [0.717, 1.165) is 0 Å². The summed E-state index contributed by atoms with van der Waals surface area (Å²) in [4.78, 5) is 40.7. The molecule has 3 aliphatic heterocycles. The highest BCUT2D eigenvalue weighted by Crippen LogP contribution is 2.32. The Bertz CT molecular complexity index is 658. The molecule has 4 unspecified atom stereocenters. The first-order chi connectivity index (χ1) is 11.1. The van der Waals surface area contributed by atoms with Crippen molar-refractivity contribution in [3.8, 4) is 0 Å². The Labute approximate surface area is 132 Å². The number of hydrogen-bond acceptors (Lipinski definition) is 5. The van der Waals surface area contributed by atoms with Crippen LogP contribution >= 0.6 is 0 Å². The zero-order valence-corrected chi connectivity index (χ0v) is 12.5. The van der Waals surface area contributed by atoms with Crippen molar-refractivity contribution in [1.82, 2.24) is 15.1 Å². The summed E-state index contributed by atoms with van der Waals surface area (Å²) in [6.45, 7) is 0.953. The number of nitrogens with one attached hydrogen (secondary N) is 1. The number of rotatable bonds is 2. The van der Waals surface area contributed by atoms with Gasteiger partial charge in [0.2, 0.25) is 11.8 Å². The van der Waals surface area contributed by atoms with E-state index in [1.165, 1.54) is 6.26 Å². The molecule has 0 aliphatic carbocycles. The number of nitrogens with zero attached hydrogens (tertiary/aromatic N) is 2. The van der Waals surface area contributed by atoms with Crippen molar-refractivity contribution in [2.75, 3.05) is 13.1 Å². The van der Waals surface area contributed by atoms with Crippen LogP contribution in [0.1, 0.15) is 23.4 Å². The van der Waals surface area contributed by atoms with Crippen LogP contribution in [0.3, 0.4) is 0 Å². The molecule has 0 radical (unpaired) electrons. The standard InChI is InChI=1S/C15H18N4O4/c16-8-3-5-18-11(8)14(21)19-6-4-9(12(19)15(18)22)17-13(20)10-2-1-7-23-10/h1-2,7-9,11-12H,3-6,16H2,(H,17,20). The Morgan fingerprint density at radius 1 is 1.17 bits per heavy atom. The summed E-state index contributed by atoms with van der Waals surface area (Å²) < 4.78 is 5.07. The van der Waals surface area contributed by atoms with E-state index in [1.54, 1.807) is 21.9 Å². The Balaban J connectivity index is 1.56. The zero-order chi connectivity index (χ0) is 16.1. The average molecular weight is 318 g/mol. The molecule has 23 heavy (non-hydrogen) atoms. The first-order valence-electron chi connectivity index (χ1n) is 7.79. The first kappa shape index (κ1) is 14.3. The van der Waals surface area contributed by atoms with E-state index in [2.05, 4.69) is 5.32 Å². The summed E-state index contributed by atoms with van der Waals surface area (Å²) in [5.41, 5.74) is 5.98. The molecule has 122 valence electrons. The van der Waals surface area contributed by atoms with Crippen molar-refractivity contribution >= 4 is 17.7 Å². The van der Waals surface area contributed by atoms with Gasteiger partial charge in [-0.1, -0.05) is 0 Å². The summed E-state index contributed by atoms with van der Waals surface area (Å²) in [6, 6.07) is 1.31. The van der Waals surface area contributed by atoms with Crippen molar-refractivity contribution in [2.45, 2.75) is 37.0 Å². The summed E-state index contributed by atoms with van der Waals surface area (Å²) in [5.74, 6) is -0.402. The summed E-state index contributed by atoms with van der Waals surface area (Å²) >= 11 is 0. The second-order valence-corrected chi connectivity index (χ2v) is 6.25. The molecular formula is C15H18N4O4. The smallest absolute Gasteiger partial charge is 0.287 e. The highest BCUT2D eigenvalue weighted by molar-refractivity contribution is 6.00. The van der Waals surface area contributed by atoms with Gasteiger partial charge in [0.15, 0.2) is 5.76 Å². The number of piperazine rings is 1. The van der Waals surface area contributed by atoms with Crippen LogP contribution in [0.25, 0.3) is 0 Å². The van der Waals surface area contributed by atoms with Gasteiger partial charge in [0.25, 0.3) is 5.91 Å². The lowest BCUT2D eigenvalue weighted by molar-refractivity contribution is -0.157. The molecule has 8 heteroatoms. The van der Waals surface area contributed by atoms with Crippen molar-refractivity contribution in [1.29, 1.82) is 0 Å². The molecule has 1 aromatic heterocycles. The van der Waals surface area contributed by atoms with Crippen LogP contribution in [0.4, 0.5) is 0 Å². The topological polar surface area (TPSA) is 109 Å². The van der Waals surface area contributed by atoms with Crippen LogP contribution in [0, 0.1) is 0 Å². The Kier molecular flexibility index (Phi) is 3.15. The fourth-order valence-corrected chi connectivity index (χ4v) is 3.86. The monoisotopic (exact) mass is 318 g/mol. The van der Waals surface area contributed by atoms with Gasteiger partial charge in [-0.05, 0) is 25.0 Å². The van der Waals surface area contributed by atoms with E-state index < -0.39 is 18.1 Å². The van der Waals surface area contributed by atoms with E-state index in [9.17, 15) is 14.4 Å². The third-order valence-corrected chi connectivity index (χ3v) is 4.98. The quantitative estimate of drug-likeness (QED) is 0.721. The van der Waals surface area contributed by atoms with E-state index in [0.29, 0.717) is 25.9 Å². The van der Waals surface area contributed by atoms with Crippen molar-refractivity contribution < 1.29 is 18.8 Å². The molecule has 0 spiro atoms. The maximum absolute atomic E-state index is 12.8. The number of carbonyl (C=O) groups is 3. The van der Waals surface area contributed by atoms with Crippen LogP contribution in [-0.2, 0) is 9.59 Å². The minimum Gasteiger partial charge on any atom is -0.459 e. The van der Waals surface area contributed by atoms with Crippen LogP contribution in [0.2, 0.25) is 0 Å². The maximum Gasteiger partial charge on any atom is 0.287 e. The molecule has 4 atom stereocenters.